The number of aromatic nitrogens is 7. The van der Waals surface area contributed by atoms with Gasteiger partial charge in [0.15, 0.2) is 17.3 Å². The molecule has 13 nitrogen and oxygen atoms in total. The van der Waals surface area contributed by atoms with Gasteiger partial charge in [-0.15, -0.1) is 0 Å². The molecule has 40 heavy (non-hydrogen) atoms. The first kappa shape index (κ1) is 26.6. The topological polar surface area (TPSA) is 171 Å². The van der Waals surface area contributed by atoms with Crippen LogP contribution in [0.15, 0.2) is 41.2 Å². The maximum absolute atomic E-state index is 15.1. The number of halogens is 1. The molecule has 4 aromatic heterocycles. The van der Waals surface area contributed by atoms with Crippen LogP contribution >= 0.6 is 0 Å². The van der Waals surface area contributed by atoms with Gasteiger partial charge in [-0.3, -0.25) is 19.6 Å². The maximum atomic E-state index is 15.1. The zero-order chi connectivity index (χ0) is 28.8. The zero-order valence-corrected chi connectivity index (χ0v) is 22.4. The van der Waals surface area contributed by atoms with Crippen LogP contribution in [0.2, 0.25) is 0 Å². The van der Waals surface area contributed by atoms with Crippen molar-refractivity contribution in [2.75, 3.05) is 0 Å². The molecule has 1 aromatic carbocycles. The Kier molecular flexibility index (Phi) is 6.61. The summed E-state index contributed by atoms with van der Waals surface area (Å²) in [4.78, 5) is 39.4. The van der Waals surface area contributed by atoms with Crippen LogP contribution in [0.4, 0.5) is 10.1 Å². The van der Waals surface area contributed by atoms with Gasteiger partial charge >= 0.3 is 17.5 Å². The highest BCUT2D eigenvalue weighted by atomic mass is 19.1. The molecule has 0 aliphatic rings. The van der Waals surface area contributed by atoms with Gasteiger partial charge in [-0.1, -0.05) is 38.1 Å². The minimum Gasteiger partial charge on any atom is -0.344 e. The smallest absolute Gasteiger partial charge is 0.318 e. The van der Waals surface area contributed by atoms with Crippen molar-refractivity contribution < 1.29 is 18.6 Å². The summed E-state index contributed by atoms with van der Waals surface area (Å²) in [5, 5.41) is 22.4. The van der Waals surface area contributed by atoms with E-state index in [1.54, 1.807) is 18.2 Å². The monoisotopic (exact) mass is 547 g/mol. The van der Waals surface area contributed by atoms with Crippen molar-refractivity contribution in [2.24, 2.45) is 0 Å². The summed E-state index contributed by atoms with van der Waals surface area (Å²) in [6.07, 6.45) is 2.88. The summed E-state index contributed by atoms with van der Waals surface area (Å²) < 4.78 is 21.6. The Bertz CT molecular complexity index is 1750. The van der Waals surface area contributed by atoms with Gasteiger partial charge in [-0.05, 0) is 31.5 Å². The first-order valence-electron chi connectivity index (χ1n) is 12.4. The van der Waals surface area contributed by atoms with Crippen molar-refractivity contribution in [3.63, 3.8) is 0 Å². The van der Waals surface area contributed by atoms with Crippen LogP contribution in [0.5, 0.6) is 0 Å². The second-order valence-electron chi connectivity index (χ2n) is 10.5. The third-order valence-electron chi connectivity index (χ3n) is 6.15. The Morgan fingerprint density at radius 2 is 2.02 bits per heavy atom. The highest BCUT2D eigenvalue weighted by Crippen LogP contribution is 2.32. The van der Waals surface area contributed by atoms with Crippen molar-refractivity contribution in [1.29, 1.82) is 0 Å². The number of hydrogen-bond donors (Lipinski definition) is 2. The number of carbonyl (C=O) groups is 1. The second kappa shape index (κ2) is 9.94. The molecule has 14 heteroatoms. The molecule has 5 rings (SSSR count). The van der Waals surface area contributed by atoms with E-state index in [2.05, 4.69) is 35.5 Å². The maximum Gasteiger partial charge on any atom is 0.318 e. The van der Waals surface area contributed by atoms with Crippen molar-refractivity contribution in [2.45, 2.75) is 52.6 Å². The normalized spacial score (nSPS) is 11.9. The van der Waals surface area contributed by atoms with Crippen molar-refractivity contribution in [1.82, 2.24) is 40.2 Å². The number of imidazole rings is 1. The molecule has 4 heterocycles. The summed E-state index contributed by atoms with van der Waals surface area (Å²) in [7, 11) is 0. The lowest BCUT2D eigenvalue weighted by Gasteiger charge is -2.10. The number of amides is 1. The molecule has 0 aliphatic heterocycles. The Balaban J connectivity index is 1.40. The number of hydrogen-bond acceptors (Lipinski definition) is 9. The lowest BCUT2D eigenvalue weighted by molar-refractivity contribution is -0.384. The second-order valence-corrected chi connectivity index (χ2v) is 10.5. The molecular weight excluding hydrogens is 521 g/mol. The Morgan fingerprint density at radius 3 is 2.67 bits per heavy atom. The number of aromatic amines is 1. The van der Waals surface area contributed by atoms with Crippen molar-refractivity contribution in [3.05, 3.63) is 69.9 Å². The number of benzene rings is 1. The van der Waals surface area contributed by atoms with Gasteiger partial charge < -0.3 is 14.8 Å². The number of nitrogens with one attached hydrogen (secondary N) is 2. The predicted molar refractivity (Wildman–Crippen MR) is 142 cm³/mol. The van der Waals surface area contributed by atoms with E-state index in [1.807, 2.05) is 34.6 Å². The van der Waals surface area contributed by atoms with E-state index in [-0.39, 0.29) is 46.7 Å². The summed E-state index contributed by atoms with van der Waals surface area (Å²) in [6, 6.07) is 6.17. The van der Waals surface area contributed by atoms with Crippen LogP contribution in [0.3, 0.4) is 0 Å². The molecule has 206 valence electrons. The van der Waals surface area contributed by atoms with Crippen LogP contribution in [-0.2, 0) is 12.0 Å². The summed E-state index contributed by atoms with van der Waals surface area (Å²) in [5.41, 5.74) is 1.62. The third kappa shape index (κ3) is 5.02. The van der Waals surface area contributed by atoms with Gasteiger partial charge in [0, 0.05) is 35.3 Å². The van der Waals surface area contributed by atoms with Gasteiger partial charge in [0.05, 0.1) is 10.4 Å². The van der Waals surface area contributed by atoms with E-state index in [4.69, 9.17) is 4.52 Å². The van der Waals surface area contributed by atoms with E-state index in [0.29, 0.717) is 28.1 Å². The van der Waals surface area contributed by atoms with Gasteiger partial charge in [-0.25, -0.2) is 14.4 Å². The molecule has 2 N–H and O–H groups in total. The van der Waals surface area contributed by atoms with Gasteiger partial charge in [0.1, 0.15) is 12.0 Å². The molecular formula is C26H26FN9O4. The molecule has 0 radical (unpaired) electrons. The predicted octanol–water partition coefficient (Wildman–Crippen LogP) is 4.73. The molecule has 0 bridgehead atoms. The fourth-order valence-corrected chi connectivity index (χ4v) is 3.94. The number of nitrogens with zero attached hydrogens (tertiary/aromatic N) is 7. The number of carbonyl (C=O) groups excluding carboxylic acids is 1. The van der Waals surface area contributed by atoms with Crippen molar-refractivity contribution in [3.8, 4) is 22.6 Å². The molecule has 0 fully saturated rings. The number of H-pyrrole nitrogens is 1. The minimum absolute atomic E-state index is 0.0794. The van der Waals surface area contributed by atoms with Gasteiger partial charge in [0.25, 0.3) is 0 Å². The van der Waals surface area contributed by atoms with Gasteiger partial charge in [0.2, 0.25) is 5.69 Å². The first-order chi connectivity index (χ1) is 18.9. The fraction of sp³-hybridized carbons (Fsp3) is 0.308. The zero-order valence-electron chi connectivity index (χ0n) is 22.4. The average Bonchev–Trinajstić information content (AvgIpc) is 3.65. The van der Waals surface area contributed by atoms with E-state index in [0.717, 1.165) is 0 Å². The lowest BCUT2D eigenvalue weighted by Crippen LogP contribution is -2.24. The average molecular weight is 548 g/mol. The largest absolute Gasteiger partial charge is 0.344 e. The fourth-order valence-electron chi connectivity index (χ4n) is 3.94. The van der Waals surface area contributed by atoms with Crippen molar-refractivity contribution >= 4 is 22.8 Å². The Hall–Kier alpha value is -5.01. The molecule has 0 saturated heterocycles. The Labute approximate surface area is 227 Å². The molecule has 1 amide bonds. The number of fused-ring (bicyclic) bond motifs is 1. The molecule has 0 aliphatic carbocycles. The molecule has 0 spiro atoms. The van der Waals surface area contributed by atoms with Crippen LogP contribution < -0.4 is 5.32 Å². The first-order valence-corrected chi connectivity index (χ1v) is 12.4. The van der Waals surface area contributed by atoms with E-state index in [9.17, 15) is 14.9 Å². The summed E-state index contributed by atoms with van der Waals surface area (Å²) in [6.45, 7) is 9.29. The summed E-state index contributed by atoms with van der Waals surface area (Å²) in [5.74, 6) is -0.788. The highest BCUT2D eigenvalue weighted by molar-refractivity contribution is 5.92. The quantitative estimate of drug-likeness (QED) is 0.216. The lowest BCUT2D eigenvalue weighted by atomic mass is 9.96. The molecule has 0 unspecified atom stereocenters. The van der Waals surface area contributed by atoms with E-state index in [1.165, 1.54) is 23.1 Å². The molecule has 0 saturated carbocycles. The van der Waals surface area contributed by atoms with Crippen LogP contribution in [0, 0.1) is 15.9 Å². The number of pyridine rings is 1. The van der Waals surface area contributed by atoms with Crippen LogP contribution in [-0.4, -0.2) is 45.7 Å². The minimum atomic E-state index is -0.610. The molecule has 5 aromatic rings. The standard InChI is InChI=1S/C26H26FN9O4/c1-13(2)35-12-18(36(38)39)20(33-35)22-30-19-16(8-9-28-21(19)31-22)14-6-7-15(17(27)10-14)11-29-23(37)24-32-25(34-40-24)26(3,4)5/h6-10,12-13H,11H2,1-5H3,(H,29,37)(H,28,30,31). The third-order valence-corrected chi connectivity index (χ3v) is 6.15. The van der Waals surface area contributed by atoms with E-state index < -0.39 is 16.6 Å². The van der Waals surface area contributed by atoms with E-state index >= 15 is 4.39 Å². The van der Waals surface area contributed by atoms with Crippen LogP contribution in [0.1, 0.15) is 62.7 Å². The highest BCUT2D eigenvalue weighted by Gasteiger charge is 2.26. The summed E-state index contributed by atoms with van der Waals surface area (Å²) >= 11 is 0. The number of rotatable bonds is 7. The van der Waals surface area contributed by atoms with Crippen LogP contribution in [0.25, 0.3) is 33.8 Å². The number of nitro groups is 1. The van der Waals surface area contributed by atoms with Gasteiger partial charge in [-0.2, -0.15) is 10.1 Å². The SMILES string of the molecule is CC(C)n1cc([N+](=O)[O-])c(-c2nc3nccc(-c4ccc(CNC(=O)c5nc(C(C)(C)C)no5)c(F)c4)c3[nH]2)n1. The molecule has 0 atom stereocenters. The Morgan fingerprint density at radius 1 is 1.25 bits per heavy atom.